The molecule has 1 aliphatic rings. The third-order valence-corrected chi connectivity index (χ3v) is 12.4. The first-order valence-electron chi connectivity index (χ1n) is 22.3. The van der Waals surface area contributed by atoms with Crippen LogP contribution >= 0.6 is 0 Å². The van der Waals surface area contributed by atoms with Crippen LogP contribution in [0.2, 0.25) is 0 Å². The predicted octanol–water partition coefficient (Wildman–Crippen LogP) is 14.6. The zero-order valence-corrected chi connectivity index (χ0v) is 36.4. The molecule has 5 aromatic carbocycles. The Hall–Kier alpha value is -4.12. The quantitative estimate of drug-likeness (QED) is 0.0618. The second kappa shape index (κ2) is 19.6. The molecule has 4 heteroatoms. The summed E-state index contributed by atoms with van der Waals surface area (Å²) in [6, 6.07) is 41.6. The van der Waals surface area contributed by atoms with Gasteiger partial charge in [-0.25, -0.2) is 0 Å². The van der Waals surface area contributed by atoms with E-state index in [1.807, 2.05) is 0 Å². The first-order chi connectivity index (χ1) is 27.6. The van der Waals surface area contributed by atoms with E-state index in [0.717, 1.165) is 48.2 Å². The molecule has 1 aliphatic heterocycles. The molecule has 5 aromatic rings. The summed E-state index contributed by atoms with van der Waals surface area (Å²) in [5.74, 6) is 0. The van der Waals surface area contributed by atoms with Crippen molar-refractivity contribution in [2.75, 3.05) is 4.90 Å². The Morgan fingerprint density at radius 2 is 0.825 bits per heavy atom. The minimum Gasteiger partial charge on any atom is -0.399 e. The van der Waals surface area contributed by atoms with Gasteiger partial charge in [0.05, 0.1) is 11.2 Å². The molecule has 1 heterocycles. The lowest BCUT2D eigenvalue weighted by Gasteiger charge is -2.32. The van der Waals surface area contributed by atoms with Crippen LogP contribution < -0.4 is 10.4 Å². The SMILES string of the molecule is CCCCCc1ccc(-c2ccc(N(c3ccc(B4OC(C)(C)C(C)(C)O4)cc3)c3ccc(-c4ccc(CCCC)cc4CCCC)cc3)cc2)c(CCCC)c1. The molecule has 300 valence electrons. The van der Waals surface area contributed by atoms with E-state index in [1.54, 1.807) is 0 Å². The topological polar surface area (TPSA) is 21.7 Å². The molecule has 0 bridgehead atoms. The number of hydrogen-bond donors (Lipinski definition) is 0. The Kier molecular flexibility index (Phi) is 14.6. The van der Waals surface area contributed by atoms with Crippen LogP contribution in [-0.2, 0) is 35.0 Å². The van der Waals surface area contributed by atoms with E-state index < -0.39 is 7.12 Å². The third-order valence-electron chi connectivity index (χ3n) is 12.4. The van der Waals surface area contributed by atoms with Gasteiger partial charge in [0.1, 0.15) is 0 Å². The van der Waals surface area contributed by atoms with Crippen LogP contribution in [0.4, 0.5) is 17.1 Å². The van der Waals surface area contributed by atoms with Gasteiger partial charge < -0.3 is 14.2 Å². The fourth-order valence-electron chi connectivity index (χ4n) is 8.06. The van der Waals surface area contributed by atoms with Crippen LogP contribution in [0.15, 0.2) is 109 Å². The second-order valence-corrected chi connectivity index (χ2v) is 17.4. The van der Waals surface area contributed by atoms with Crippen molar-refractivity contribution < 1.29 is 9.31 Å². The average molecular weight is 762 g/mol. The Labute approximate surface area is 346 Å². The molecule has 1 saturated heterocycles. The largest absolute Gasteiger partial charge is 0.494 e. The molecule has 0 unspecified atom stereocenters. The smallest absolute Gasteiger partial charge is 0.399 e. The van der Waals surface area contributed by atoms with Gasteiger partial charge in [0.25, 0.3) is 0 Å². The van der Waals surface area contributed by atoms with E-state index in [4.69, 9.17) is 9.31 Å². The van der Waals surface area contributed by atoms with Crippen molar-refractivity contribution in [3.63, 3.8) is 0 Å². The van der Waals surface area contributed by atoms with E-state index in [2.05, 4.69) is 169 Å². The van der Waals surface area contributed by atoms with Gasteiger partial charge in [-0.05, 0) is 165 Å². The van der Waals surface area contributed by atoms with Gasteiger partial charge in [0.15, 0.2) is 0 Å². The van der Waals surface area contributed by atoms with Crippen LogP contribution in [0, 0.1) is 0 Å². The van der Waals surface area contributed by atoms with E-state index in [-0.39, 0.29) is 11.2 Å². The summed E-state index contributed by atoms with van der Waals surface area (Å²) in [7, 11) is -0.397. The number of unbranched alkanes of at least 4 members (excludes halogenated alkanes) is 5. The molecule has 3 nitrogen and oxygen atoms in total. The zero-order valence-electron chi connectivity index (χ0n) is 36.4. The maximum absolute atomic E-state index is 6.42. The van der Waals surface area contributed by atoms with Gasteiger partial charge >= 0.3 is 7.12 Å². The molecular weight excluding hydrogens is 693 g/mol. The van der Waals surface area contributed by atoms with Gasteiger partial charge in [0.2, 0.25) is 0 Å². The summed E-state index contributed by atoms with van der Waals surface area (Å²) in [6.07, 6.45) is 15.6. The molecule has 57 heavy (non-hydrogen) atoms. The van der Waals surface area contributed by atoms with Crippen molar-refractivity contribution in [1.29, 1.82) is 0 Å². The van der Waals surface area contributed by atoms with Crippen molar-refractivity contribution >= 4 is 29.6 Å². The van der Waals surface area contributed by atoms with Crippen LogP contribution in [0.5, 0.6) is 0 Å². The highest BCUT2D eigenvalue weighted by atomic mass is 16.7. The highest BCUT2D eigenvalue weighted by Crippen LogP contribution is 2.39. The monoisotopic (exact) mass is 762 g/mol. The van der Waals surface area contributed by atoms with Gasteiger partial charge in [-0.2, -0.15) is 0 Å². The minimum absolute atomic E-state index is 0.385. The van der Waals surface area contributed by atoms with Crippen molar-refractivity contribution in [1.82, 2.24) is 0 Å². The molecule has 0 aromatic heterocycles. The van der Waals surface area contributed by atoms with Crippen molar-refractivity contribution in [3.8, 4) is 22.3 Å². The molecular formula is C53H68BNO2. The molecule has 0 spiro atoms. The molecule has 0 N–H and O–H groups in total. The number of aryl methyl sites for hydroxylation is 4. The minimum atomic E-state index is -0.397. The maximum Gasteiger partial charge on any atom is 0.494 e. The van der Waals surface area contributed by atoms with Crippen LogP contribution in [-0.4, -0.2) is 18.3 Å². The molecule has 0 aliphatic carbocycles. The first kappa shape index (κ1) is 42.5. The van der Waals surface area contributed by atoms with Crippen LogP contribution in [0.3, 0.4) is 0 Å². The van der Waals surface area contributed by atoms with Gasteiger partial charge in [-0.3, -0.25) is 0 Å². The third kappa shape index (κ3) is 10.3. The highest BCUT2D eigenvalue weighted by molar-refractivity contribution is 6.62. The van der Waals surface area contributed by atoms with Crippen LogP contribution in [0.25, 0.3) is 22.3 Å². The summed E-state index contributed by atoms with van der Waals surface area (Å²) < 4.78 is 12.8. The summed E-state index contributed by atoms with van der Waals surface area (Å²) >= 11 is 0. The van der Waals surface area contributed by atoms with Crippen molar-refractivity contribution in [3.05, 3.63) is 131 Å². The Bertz CT molecular complexity index is 2000. The second-order valence-electron chi connectivity index (χ2n) is 17.4. The van der Waals surface area contributed by atoms with Gasteiger partial charge in [-0.1, -0.05) is 133 Å². The maximum atomic E-state index is 6.42. The Morgan fingerprint density at radius 1 is 0.439 bits per heavy atom. The van der Waals surface area contributed by atoms with Crippen LogP contribution in [0.1, 0.15) is 135 Å². The molecule has 0 amide bonds. The lowest BCUT2D eigenvalue weighted by molar-refractivity contribution is 0.00578. The Morgan fingerprint density at radius 3 is 1.25 bits per heavy atom. The number of nitrogens with zero attached hydrogens (tertiary/aromatic N) is 1. The van der Waals surface area contributed by atoms with Crippen molar-refractivity contribution in [2.45, 2.75) is 150 Å². The molecule has 6 rings (SSSR count). The summed E-state index contributed by atoms with van der Waals surface area (Å²) in [5, 5.41) is 0. The Balaban J connectivity index is 1.35. The number of anilines is 3. The molecule has 1 fully saturated rings. The summed E-state index contributed by atoms with van der Waals surface area (Å²) in [6.45, 7) is 17.6. The van der Waals surface area contributed by atoms with Crippen molar-refractivity contribution in [2.24, 2.45) is 0 Å². The molecule has 0 saturated carbocycles. The fraction of sp³-hybridized carbons (Fsp3) is 0.434. The van der Waals surface area contributed by atoms with E-state index in [1.165, 1.54) is 102 Å². The number of benzene rings is 5. The predicted molar refractivity (Wildman–Crippen MR) is 247 cm³/mol. The van der Waals surface area contributed by atoms with E-state index >= 15 is 0 Å². The van der Waals surface area contributed by atoms with Gasteiger partial charge in [-0.15, -0.1) is 0 Å². The average Bonchev–Trinajstić information content (AvgIpc) is 3.45. The zero-order chi connectivity index (χ0) is 40.4. The highest BCUT2D eigenvalue weighted by Gasteiger charge is 2.51. The van der Waals surface area contributed by atoms with E-state index in [0.29, 0.717) is 0 Å². The van der Waals surface area contributed by atoms with E-state index in [9.17, 15) is 0 Å². The normalized spacial score (nSPS) is 14.6. The fourth-order valence-corrected chi connectivity index (χ4v) is 8.06. The number of hydrogen-bond acceptors (Lipinski definition) is 3. The summed E-state index contributed by atoms with van der Waals surface area (Å²) in [4.78, 5) is 2.38. The summed E-state index contributed by atoms with van der Waals surface area (Å²) in [5.41, 5.74) is 14.8. The molecule has 0 atom stereocenters. The number of rotatable bonds is 19. The standard InChI is InChI=1S/C53H68BNO2/c1-9-13-17-19-41-23-37-51(45(39-41)21-16-12-4)43-26-32-48(33-27-43)55(49-34-28-46(29-35-49)54-56-52(5,6)53(7,8)57-54)47-30-24-42(25-31-47)50-36-22-40(18-14-10-2)38-44(50)20-15-11-3/h22-39H,9-21H2,1-8H3. The van der Waals surface area contributed by atoms with Gasteiger partial charge in [0, 0.05) is 17.1 Å². The molecule has 0 radical (unpaired) electrons. The first-order valence-corrected chi connectivity index (χ1v) is 22.3. The lowest BCUT2D eigenvalue weighted by Crippen LogP contribution is -2.41. The lowest BCUT2D eigenvalue weighted by atomic mass is 9.79.